The summed E-state index contributed by atoms with van der Waals surface area (Å²) >= 11 is 0. The first-order chi connectivity index (χ1) is 9.61. The Morgan fingerprint density at radius 1 is 1.35 bits per heavy atom. The summed E-state index contributed by atoms with van der Waals surface area (Å²) < 4.78 is 5.32. The third-order valence-corrected chi connectivity index (χ3v) is 2.54. The SMILES string of the molecule is CC(C)CNCc1ccc(OCC(=O)NCC#N)cc1. The highest BCUT2D eigenvalue weighted by molar-refractivity contribution is 5.77. The van der Waals surface area contributed by atoms with E-state index in [1.54, 1.807) is 0 Å². The highest BCUT2D eigenvalue weighted by Gasteiger charge is 2.02. The summed E-state index contributed by atoms with van der Waals surface area (Å²) in [5, 5.41) is 14.1. The van der Waals surface area contributed by atoms with Crippen LogP contribution in [0.5, 0.6) is 5.75 Å². The number of nitrogens with one attached hydrogen (secondary N) is 2. The van der Waals surface area contributed by atoms with E-state index in [1.165, 1.54) is 5.56 Å². The Morgan fingerprint density at radius 3 is 2.65 bits per heavy atom. The average molecular weight is 275 g/mol. The van der Waals surface area contributed by atoms with E-state index in [0.29, 0.717) is 11.7 Å². The Labute approximate surface area is 119 Å². The first kappa shape index (κ1) is 16.0. The second kappa shape index (κ2) is 8.94. The summed E-state index contributed by atoms with van der Waals surface area (Å²) in [5.74, 6) is 0.975. The van der Waals surface area contributed by atoms with Gasteiger partial charge in [0.2, 0.25) is 0 Å². The number of rotatable bonds is 8. The predicted octanol–water partition coefficient (Wildman–Crippen LogP) is 1.45. The van der Waals surface area contributed by atoms with Crippen LogP contribution in [-0.2, 0) is 11.3 Å². The molecule has 0 aliphatic carbocycles. The fourth-order valence-corrected chi connectivity index (χ4v) is 1.55. The minimum absolute atomic E-state index is 0.00263. The number of hydrogen-bond donors (Lipinski definition) is 2. The van der Waals surface area contributed by atoms with Crippen molar-refractivity contribution in [3.05, 3.63) is 29.8 Å². The van der Waals surface area contributed by atoms with E-state index in [9.17, 15) is 4.79 Å². The van der Waals surface area contributed by atoms with E-state index < -0.39 is 0 Å². The van der Waals surface area contributed by atoms with Crippen molar-refractivity contribution in [3.8, 4) is 11.8 Å². The lowest BCUT2D eigenvalue weighted by atomic mass is 10.2. The summed E-state index contributed by atoms with van der Waals surface area (Å²) in [7, 11) is 0. The number of nitrogens with zero attached hydrogens (tertiary/aromatic N) is 1. The lowest BCUT2D eigenvalue weighted by Crippen LogP contribution is -2.29. The molecule has 1 amide bonds. The zero-order valence-electron chi connectivity index (χ0n) is 12.0. The Kier molecular flexibility index (Phi) is 7.15. The van der Waals surface area contributed by atoms with E-state index in [-0.39, 0.29) is 19.1 Å². The molecule has 0 aromatic heterocycles. The van der Waals surface area contributed by atoms with E-state index >= 15 is 0 Å². The Morgan fingerprint density at radius 2 is 2.05 bits per heavy atom. The molecule has 2 N–H and O–H groups in total. The Balaban J connectivity index is 2.31. The standard InChI is InChI=1S/C15H21N3O2/c1-12(2)9-17-10-13-3-5-14(6-4-13)20-11-15(19)18-8-7-16/h3-6,12,17H,8-11H2,1-2H3,(H,18,19). The van der Waals surface area contributed by atoms with E-state index in [1.807, 2.05) is 30.3 Å². The third-order valence-electron chi connectivity index (χ3n) is 2.54. The van der Waals surface area contributed by atoms with Crippen LogP contribution in [0.15, 0.2) is 24.3 Å². The van der Waals surface area contributed by atoms with Crippen LogP contribution in [0.4, 0.5) is 0 Å². The number of ether oxygens (including phenoxy) is 1. The van der Waals surface area contributed by atoms with Crippen molar-refractivity contribution < 1.29 is 9.53 Å². The molecule has 1 rings (SSSR count). The number of benzene rings is 1. The van der Waals surface area contributed by atoms with Crippen molar-refractivity contribution >= 4 is 5.91 Å². The molecule has 0 bridgehead atoms. The number of carbonyl (C=O) groups excluding carboxylic acids is 1. The van der Waals surface area contributed by atoms with Gasteiger partial charge in [-0.1, -0.05) is 26.0 Å². The molecule has 5 heteroatoms. The molecule has 5 nitrogen and oxygen atoms in total. The molecule has 0 aliphatic heterocycles. The highest BCUT2D eigenvalue weighted by atomic mass is 16.5. The van der Waals surface area contributed by atoms with Gasteiger partial charge in [-0.25, -0.2) is 0 Å². The normalized spacial score (nSPS) is 10.1. The van der Waals surface area contributed by atoms with Gasteiger partial charge in [-0.2, -0.15) is 5.26 Å². The smallest absolute Gasteiger partial charge is 0.258 e. The van der Waals surface area contributed by atoms with Crippen LogP contribution in [0.1, 0.15) is 19.4 Å². The molecule has 0 radical (unpaired) electrons. The molecular formula is C15H21N3O2. The predicted molar refractivity (Wildman–Crippen MR) is 77.1 cm³/mol. The molecule has 0 unspecified atom stereocenters. The summed E-state index contributed by atoms with van der Waals surface area (Å²) in [6.45, 7) is 6.07. The van der Waals surface area contributed by atoms with Gasteiger partial charge < -0.3 is 15.4 Å². The van der Waals surface area contributed by atoms with Crippen molar-refractivity contribution in [2.45, 2.75) is 20.4 Å². The zero-order valence-corrected chi connectivity index (χ0v) is 12.0. The van der Waals surface area contributed by atoms with Gasteiger partial charge in [0, 0.05) is 6.54 Å². The van der Waals surface area contributed by atoms with Gasteiger partial charge in [0.1, 0.15) is 12.3 Å². The van der Waals surface area contributed by atoms with Crippen molar-refractivity contribution in [3.63, 3.8) is 0 Å². The van der Waals surface area contributed by atoms with E-state index in [4.69, 9.17) is 10.00 Å². The minimum Gasteiger partial charge on any atom is -0.484 e. The van der Waals surface area contributed by atoms with Gasteiger partial charge >= 0.3 is 0 Å². The highest BCUT2D eigenvalue weighted by Crippen LogP contribution is 2.12. The van der Waals surface area contributed by atoms with Crippen LogP contribution in [0.2, 0.25) is 0 Å². The van der Waals surface area contributed by atoms with Crippen LogP contribution >= 0.6 is 0 Å². The molecule has 20 heavy (non-hydrogen) atoms. The maximum Gasteiger partial charge on any atom is 0.258 e. The van der Waals surface area contributed by atoms with Crippen molar-refractivity contribution in [2.75, 3.05) is 19.7 Å². The summed E-state index contributed by atoms with van der Waals surface area (Å²) in [6.07, 6.45) is 0. The maximum atomic E-state index is 11.3. The van der Waals surface area contributed by atoms with Crippen molar-refractivity contribution in [1.29, 1.82) is 5.26 Å². The van der Waals surface area contributed by atoms with Gasteiger partial charge in [-0.3, -0.25) is 4.79 Å². The molecule has 0 saturated heterocycles. The first-order valence-corrected chi connectivity index (χ1v) is 6.68. The van der Waals surface area contributed by atoms with Gasteiger partial charge in [-0.05, 0) is 30.2 Å². The monoisotopic (exact) mass is 275 g/mol. The number of nitriles is 1. The third kappa shape index (κ3) is 6.76. The molecule has 0 fully saturated rings. The van der Waals surface area contributed by atoms with Gasteiger partial charge in [0.15, 0.2) is 6.61 Å². The molecule has 108 valence electrons. The summed E-state index contributed by atoms with van der Waals surface area (Å²) in [5.41, 5.74) is 1.17. The zero-order chi connectivity index (χ0) is 14.8. The lowest BCUT2D eigenvalue weighted by Gasteiger charge is -2.09. The van der Waals surface area contributed by atoms with Gasteiger partial charge in [0.25, 0.3) is 5.91 Å². The molecule has 0 heterocycles. The number of carbonyl (C=O) groups is 1. The van der Waals surface area contributed by atoms with Gasteiger partial charge in [-0.15, -0.1) is 0 Å². The van der Waals surface area contributed by atoms with E-state index in [2.05, 4.69) is 24.5 Å². The Hall–Kier alpha value is -2.06. The first-order valence-electron chi connectivity index (χ1n) is 6.68. The van der Waals surface area contributed by atoms with Gasteiger partial charge in [0.05, 0.1) is 6.07 Å². The fraction of sp³-hybridized carbons (Fsp3) is 0.467. The number of hydrogen-bond acceptors (Lipinski definition) is 4. The van der Waals surface area contributed by atoms with Crippen LogP contribution in [0.25, 0.3) is 0 Å². The lowest BCUT2D eigenvalue weighted by molar-refractivity contribution is -0.122. The van der Waals surface area contributed by atoms with Crippen molar-refractivity contribution in [2.24, 2.45) is 5.92 Å². The quantitative estimate of drug-likeness (QED) is 0.704. The molecule has 1 aromatic rings. The maximum absolute atomic E-state index is 11.3. The fourth-order valence-electron chi connectivity index (χ4n) is 1.55. The van der Waals surface area contributed by atoms with E-state index in [0.717, 1.165) is 13.1 Å². The Bertz CT molecular complexity index is 449. The average Bonchev–Trinajstić information content (AvgIpc) is 2.44. The van der Waals surface area contributed by atoms with Crippen LogP contribution in [0, 0.1) is 17.2 Å². The minimum atomic E-state index is -0.297. The van der Waals surface area contributed by atoms with Crippen molar-refractivity contribution in [1.82, 2.24) is 10.6 Å². The van der Waals surface area contributed by atoms with Crippen LogP contribution in [-0.4, -0.2) is 25.6 Å². The number of amides is 1. The van der Waals surface area contributed by atoms with Crippen LogP contribution in [0.3, 0.4) is 0 Å². The molecule has 0 saturated carbocycles. The molecule has 0 aliphatic rings. The molecular weight excluding hydrogens is 254 g/mol. The summed E-state index contributed by atoms with van der Waals surface area (Å²) in [6, 6.07) is 9.45. The second-order valence-corrected chi connectivity index (χ2v) is 4.89. The largest absolute Gasteiger partial charge is 0.484 e. The second-order valence-electron chi connectivity index (χ2n) is 4.89. The topological polar surface area (TPSA) is 74.2 Å². The molecule has 0 spiro atoms. The summed E-state index contributed by atoms with van der Waals surface area (Å²) in [4.78, 5) is 11.3. The van der Waals surface area contributed by atoms with Crippen LogP contribution < -0.4 is 15.4 Å². The molecule has 0 atom stereocenters. The molecule has 1 aromatic carbocycles.